The molecule has 0 spiro atoms. The van der Waals surface area contributed by atoms with Crippen molar-refractivity contribution in [2.45, 2.75) is 13.1 Å². The second-order valence-electron chi connectivity index (χ2n) is 3.64. The average Bonchev–Trinajstić information content (AvgIpc) is 2.91. The van der Waals surface area contributed by atoms with Crippen molar-refractivity contribution < 1.29 is 0 Å². The molecule has 17 heavy (non-hydrogen) atoms. The lowest BCUT2D eigenvalue weighted by Gasteiger charge is -2.00. The molecule has 0 aliphatic heterocycles. The SMILES string of the molecule is c1cnnc(CNCc2cn3ccsc3n2)c1. The Labute approximate surface area is 102 Å². The van der Waals surface area contributed by atoms with Gasteiger partial charge in [-0.25, -0.2) is 4.98 Å². The van der Waals surface area contributed by atoms with Crippen LogP contribution in [0.3, 0.4) is 0 Å². The molecule has 0 aliphatic rings. The monoisotopic (exact) mass is 245 g/mol. The molecule has 5 nitrogen and oxygen atoms in total. The molecule has 3 rings (SSSR count). The van der Waals surface area contributed by atoms with Crippen LogP contribution in [0, 0.1) is 0 Å². The molecule has 0 aliphatic carbocycles. The minimum absolute atomic E-state index is 0.707. The fraction of sp³-hybridized carbons (Fsp3) is 0.182. The number of aromatic nitrogens is 4. The number of nitrogens with zero attached hydrogens (tertiary/aromatic N) is 4. The van der Waals surface area contributed by atoms with E-state index in [-0.39, 0.29) is 0 Å². The van der Waals surface area contributed by atoms with E-state index in [4.69, 9.17) is 0 Å². The van der Waals surface area contributed by atoms with E-state index in [0.29, 0.717) is 6.54 Å². The highest BCUT2D eigenvalue weighted by Gasteiger charge is 2.01. The highest BCUT2D eigenvalue weighted by Crippen LogP contribution is 2.11. The van der Waals surface area contributed by atoms with Crippen LogP contribution in [0.5, 0.6) is 0 Å². The molecule has 0 amide bonds. The number of imidazole rings is 1. The van der Waals surface area contributed by atoms with Gasteiger partial charge >= 0.3 is 0 Å². The van der Waals surface area contributed by atoms with E-state index in [0.717, 1.165) is 22.9 Å². The second kappa shape index (κ2) is 4.60. The predicted molar refractivity (Wildman–Crippen MR) is 65.6 cm³/mol. The molecule has 0 bridgehead atoms. The van der Waals surface area contributed by atoms with Crippen LogP contribution in [0.25, 0.3) is 4.96 Å². The van der Waals surface area contributed by atoms with Crippen LogP contribution in [-0.2, 0) is 13.1 Å². The highest BCUT2D eigenvalue weighted by molar-refractivity contribution is 7.15. The first-order valence-electron chi connectivity index (χ1n) is 5.30. The third-order valence-corrected chi connectivity index (χ3v) is 3.15. The Balaban J connectivity index is 1.59. The van der Waals surface area contributed by atoms with Crippen molar-refractivity contribution >= 4 is 16.3 Å². The minimum atomic E-state index is 0.707. The maximum atomic E-state index is 4.49. The van der Waals surface area contributed by atoms with E-state index in [1.807, 2.05) is 34.3 Å². The third-order valence-electron chi connectivity index (χ3n) is 2.38. The van der Waals surface area contributed by atoms with E-state index < -0.39 is 0 Å². The van der Waals surface area contributed by atoms with Crippen molar-refractivity contribution in [3.8, 4) is 0 Å². The summed E-state index contributed by atoms with van der Waals surface area (Å²) in [6, 6.07) is 3.84. The topological polar surface area (TPSA) is 55.1 Å². The van der Waals surface area contributed by atoms with Crippen LogP contribution >= 0.6 is 11.3 Å². The zero-order chi connectivity index (χ0) is 11.5. The van der Waals surface area contributed by atoms with E-state index in [2.05, 4.69) is 20.5 Å². The Morgan fingerprint density at radius 2 is 2.24 bits per heavy atom. The first kappa shape index (κ1) is 10.4. The van der Waals surface area contributed by atoms with Gasteiger partial charge in [0.25, 0.3) is 0 Å². The van der Waals surface area contributed by atoms with Gasteiger partial charge < -0.3 is 5.32 Å². The molecule has 0 saturated heterocycles. The number of hydrogen-bond acceptors (Lipinski definition) is 5. The van der Waals surface area contributed by atoms with Gasteiger partial charge in [0.15, 0.2) is 4.96 Å². The van der Waals surface area contributed by atoms with Crippen LogP contribution in [0.1, 0.15) is 11.4 Å². The summed E-state index contributed by atoms with van der Waals surface area (Å²) in [5.74, 6) is 0. The zero-order valence-corrected chi connectivity index (χ0v) is 9.89. The number of nitrogens with one attached hydrogen (secondary N) is 1. The molecule has 0 radical (unpaired) electrons. The normalized spacial score (nSPS) is 11.1. The molecule has 1 N–H and O–H groups in total. The molecule has 3 aromatic heterocycles. The van der Waals surface area contributed by atoms with Gasteiger partial charge in [-0.3, -0.25) is 4.40 Å². The average molecular weight is 245 g/mol. The van der Waals surface area contributed by atoms with Gasteiger partial charge in [-0.1, -0.05) is 0 Å². The molecule has 6 heteroatoms. The Hall–Kier alpha value is -1.79. The van der Waals surface area contributed by atoms with Gasteiger partial charge in [-0.2, -0.15) is 10.2 Å². The van der Waals surface area contributed by atoms with Crippen LogP contribution in [0.2, 0.25) is 0 Å². The maximum absolute atomic E-state index is 4.49. The predicted octanol–water partition coefficient (Wildman–Crippen LogP) is 1.48. The molecule has 0 saturated carbocycles. The number of thiazole rings is 1. The summed E-state index contributed by atoms with van der Waals surface area (Å²) in [6.07, 6.45) is 5.72. The van der Waals surface area contributed by atoms with Crippen LogP contribution < -0.4 is 5.32 Å². The molecule has 3 aromatic rings. The van der Waals surface area contributed by atoms with Crippen LogP contribution in [-0.4, -0.2) is 19.6 Å². The number of fused-ring (bicyclic) bond motifs is 1. The lowest BCUT2D eigenvalue weighted by molar-refractivity contribution is 0.661. The fourth-order valence-corrected chi connectivity index (χ4v) is 2.33. The summed E-state index contributed by atoms with van der Waals surface area (Å²) in [6.45, 7) is 1.45. The van der Waals surface area contributed by atoms with Crippen molar-refractivity contribution in [1.29, 1.82) is 0 Å². The van der Waals surface area contributed by atoms with Crippen molar-refractivity contribution in [2.75, 3.05) is 0 Å². The van der Waals surface area contributed by atoms with Crippen molar-refractivity contribution in [3.63, 3.8) is 0 Å². The first-order valence-corrected chi connectivity index (χ1v) is 6.18. The molecule has 0 fully saturated rings. The Kier molecular flexibility index (Phi) is 2.81. The van der Waals surface area contributed by atoms with Crippen molar-refractivity contribution in [2.24, 2.45) is 0 Å². The molecule has 86 valence electrons. The van der Waals surface area contributed by atoms with Gasteiger partial charge in [0.2, 0.25) is 0 Å². The molecule has 0 aromatic carbocycles. The van der Waals surface area contributed by atoms with Crippen LogP contribution in [0.4, 0.5) is 0 Å². The van der Waals surface area contributed by atoms with Crippen molar-refractivity contribution in [3.05, 3.63) is 47.5 Å². The second-order valence-corrected chi connectivity index (χ2v) is 4.52. The van der Waals surface area contributed by atoms with E-state index in [9.17, 15) is 0 Å². The van der Waals surface area contributed by atoms with Crippen LogP contribution in [0.15, 0.2) is 36.1 Å². The number of rotatable bonds is 4. The summed E-state index contributed by atoms with van der Waals surface area (Å²) >= 11 is 1.64. The van der Waals surface area contributed by atoms with Gasteiger partial charge in [0.1, 0.15) is 0 Å². The Morgan fingerprint density at radius 3 is 3.06 bits per heavy atom. The summed E-state index contributed by atoms with van der Waals surface area (Å²) in [4.78, 5) is 5.52. The molecule has 3 heterocycles. The highest BCUT2D eigenvalue weighted by atomic mass is 32.1. The largest absolute Gasteiger partial charge is 0.305 e. The summed E-state index contributed by atoms with van der Waals surface area (Å²) < 4.78 is 2.03. The van der Waals surface area contributed by atoms with Crippen molar-refractivity contribution in [1.82, 2.24) is 24.9 Å². The lowest BCUT2D eigenvalue weighted by Crippen LogP contribution is -2.14. The van der Waals surface area contributed by atoms with E-state index >= 15 is 0 Å². The summed E-state index contributed by atoms with van der Waals surface area (Å²) in [7, 11) is 0. The zero-order valence-electron chi connectivity index (χ0n) is 9.08. The minimum Gasteiger partial charge on any atom is -0.305 e. The fourth-order valence-electron chi connectivity index (χ4n) is 1.61. The summed E-state index contributed by atoms with van der Waals surface area (Å²) in [5.41, 5.74) is 1.98. The lowest BCUT2D eigenvalue weighted by atomic mass is 10.4. The Morgan fingerprint density at radius 1 is 1.29 bits per heavy atom. The standard InChI is InChI=1S/C11H11N5S/c1-2-9(15-13-3-1)6-12-7-10-8-16-4-5-17-11(16)14-10/h1-5,8,12H,6-7H2. The van der Waals surface area contributed by atoms with Gasteiger partial charge in [-0.15, -0.1) is 11.3 Å². The van der Waals surface area contributed by atoms with Gasteiger partial charge in [-0.05, 0) is 12.1 Å². The molecular weight excluding hydrogens is 234 g/mol. The molecule has 0 atom stereocenters. The molecule has 0 unspecified atom stereocenters. The molecular formula is C11H11N5S. The number of hydrogen-bond donors (Lipinski definition) is 1. The van der Waals surface area contributed by atoms with E-state index in [1.54, 1.807) is 17.5 Å². The van der Waals surface area contributed by atoms with E-state index in [1.165, 1.54) is 0 Å². The van der Waals surface area contributed by atoms with Gasteiger partial charge in [0, 0.05) is 37.1 Å². The first-order chi connectivity index (χ1) is 8.42. The maximum Gasteiger partial charge on any atom is 0.193 e. The smallest absolute Gasteiger partial charge is 0.193 e. The Bertz CT molecular complexity index is 572. The summed E-state index contributed by atoms with van der Waals surface area (Å²) in [5, 5.41) is 13.2. The quantitative estimate of drug-likeness (QED) is 0.756. The van der Waals surface area contributed by atoms with Gasteiger partial charge in [0.05, 0.1) is 11.4 Å². The third kappa shape index (κ3) is 2.32.